The predicted molar refractivity (Wildman–Crippen MR) is 109 cm³/mol. The van der Waals surface area contributed by atoms with Crippen molar-refractivity contribution in [1.29, 1.82) is 0 Å². The third-order valence-electron chi connectivity index (χ3n) is 6.09. The molecule has 0 aromatic carbocycles. The highest BCUT2D eigenvalue weighted by Crippen LogP contribution is 2.40. The fourth-order valence-electron chi connectivity index (χ4n) is 4.15. The second-order valence-electron chi connectivity index (χ2n) is 8.85. The number of amides is 1. The number of fused-ring (bicyclic) bond motifs is 1. The number of aryl methyl sites for hydroxylation is 1. The lowest BCUT2D eigenvalue weighted by Gasteiger charge is -2.33. The first-order valence-corrected chi connectivity index (χ1v) is 10.2. The Morgan fingerprint density at radius 2 is 1.92 bits per heavy atom. The molecule has 3 nitrogen and oxygen atoms in total. The van der Waals surface area contributed by atoms with Gasteiger partial charge in [-0.2, -0.15) is 0 Å². The third kappa shape index (κ3) is 4.58. The monoisotopic (exact) mass is 384 g/mol. The van der Waals surface area contributed by atoms with E-state index in [4.69, 9.17) is 5.73 Å². The fraction of sp³-hybridized carbons (Fsp3) is 0.750. The highest BCUT2D eigenvalue weighted by molar-refractivity contribution is 7.14. The van der Waals surface area contributed by atoms with Gasteiger partial charge in [-0.1, -0.05) is 20.8 Å². The van der Waals surface area contributed by atoms with Crippen LogP contribution >= 0.6 is 23.7 Å². The van der Waals surface area contributed by atoms with Crippen LogP contribution in [0.1, 0.15) is 67.1 Å². The van der Waals surface area contributed by atoms with E-state index < -0.39 is 0 Å². The Hall–Kier alpha value is -0.580. The molecule has 1 saturated heterocycles. The van der Waals surface area contributed by atoms with Crippen LogP contribution in [0.4, 0.5) is 0 Å². The molecule has 142 valence electrons. The van der Waals surface area contributed by atoms with E-state index in [0.29, 0.717) is 11.3 Å². The lowest BCUT2D eigenvalue weighted by Crippen LogP contribution is -2.42. The van der Waals surface area contributed by atoms with Crippen molar-refractivity contribution in [1.82, 2.24) is 4.90 Å². The molecule has 1 fully saturated rings. The first kappa shape index (κ1) is 20.7. The maximum Gasteiger partial charge on any atom is 0.263 e. The molecule has 2 N–H and O–H groups in total. The lowest BCUT2D eigenvalue weighted by molar-refractivity contribution is 0.0686. The van der Waals surface area contributed by atoms with Gasteiger partial charge in [-0.3, -0.25) is 4.79 Å². The van der Waals surface area contributed by atoms with Crippen LogP contribution < -0.4 is 5.73 Å². The molecule has 1 aliphatic heterocycles. The molecule has 3 rings (SSSR count). The first-order valence-electron chi connectivity index (χ1n) is 9.42. The first-order chi connectivity index (χ1) is 11.3. The summed E-state index contributed by atoms with van der Waals surface area (Å²) >= 11 is 1.74. The summed E-state index contributed by atoms with van der Waals surface area (Å²) in [5, 5.41) is 0. The van der Waals surface area contributed by atoms with Crippen LogP contribution in [0, 0.1) is 17.3 Å². The Kier molecular flexibility index (Phi) is 6.61. The summed E-state index contributed by atoms with van der Waals surface area (Å²) in [5.41, 5.74) is 7.79. The average Bonchev–Trinajstić information content (AvgIpc) is 2.96. The van der Waals surface area contributed by atoms with Crippen molar-refractivity contribution < 1.29 is 4.79 Å². The number of thiophene rings is 1. The van der Waals surface area contributed by atoms with Crippen LogP contribution in [0.3, 0.4) is 0 Å². The number of hydrogen-bond donors (Lipinski definition) is 1. The quantitative estimate of drug-likeness (QED) is 0.814. The number of nitrogens with zero attached hydrogens (tertiary/aromatic N) is 1. The zero-order chi connectivity index (χ0) is 17.5. The number of nitrogens with two attached hydrogens (primary N) is 1. The van der Waals surface area contributed by atoms with Crippen molar-refractivity contribution in [3.05, 3.63) is 21.4 Å². The van der Waals surface area contributed by atoms with Gasteiger partial charge < -0.3 is 10.6 Å². The number of carbonyl (C=O) groups is 1. The zero-order valence-electron chi connectivity index (χ0n) is 16.0. The van der Waals surface area contributed by atoms with Gasteiger partial charge in [0, 0.05) is 24.0 Å². The lowest BCUT2D eigenvalue weighted by atomic mass is 9.72. The Labute approximate surface area is 162 Å². The van der Waals surface area contributed by atoms with E-state index in [1.165, 1.54) is 16.9 Å². The van der Waals surface area contributed by atoms with Crippen LogP contribution in [0.25, 0.3) is 0 Å². The van der Waals surface area contributed by atoms with E-state index in [2.05, 4.69) is 33.8 Å². The molecule has 0 radical (unpaired) electrons. The van der Waals surface area contributed by atoms with Gasteiger partial charge in [0.25, 0.3) is 5.91 Å². The second-order valence-corrected chi connectivity index (χ2v) is 9.99. The molecule has 0 spiro atoms. The van der Waals surface area contributed by atoms with Crippen LogP contribution in [-0.4, -0.2) is 29.9 Å². The maximum atomic E-state index is 12.9. The van der Waals surface area contributed by atoms with Crippen molar-refractivity contribution >= 4 is 29.7 Å². The van der Waals surface area contributed by atoms with Crippen LogP contribution in [0.5, 0.6) is 0 Å². The van der Waals surface area contributed by atoms with Crippen molar-refractivity contribution in [3.63, 3.8) is 0 Å². The molecule has 0 bridgehead atoms. The highest BCUT2D eigenvalue weighted by Gasteiger charge is 2.32. The smallest absolute Gasteiger partial charge is 0.263 e. The number of rotatable bonds is 2. The molecule has 25 heavy (non-hydrogen) atoms. The molecule has 5 heteroatoms. The SMILES string of the molecule is CC(N)C1CCN(C(=O)c2cc3c(s2)CCC(C(C)(C)C)C3)CC1.Cl. The fourth-order valence-corrected chi connectivity index (χ4v) is 5.33. The highest BCUT2D eigenvalue weighted by atomic mass is 35.5. The van der Waals surface area contributed by atoms with Gasteiger partial charge in [0.15, 0.2) is 0 Å². The van der Waals surface area contributed by atoms with Gasteiger partial charge in [0.05, 0.1) is 4.88 Å². The van der Waals surface area contributed by atoms with Gasteiger partial charge >= 0.3 is 0 Å². The number of halogens is 1. The molecule has 0 saturated carbocycles. The maximum absolute atomic E-state index is 12.9. The van der Waals surface area contributed by atoms with Gasteiger partial charge in [0.1, 0.15) is 0 Å². The summed E-state index contributed by atoms with van der Waals surface area (Å²) in [6.07, 6.45) is 5.61. The second kappa shape index (κ2) is 7.98. The largest absolute Gasteiger partial charge is 0.338 e. The molecule has 2 unspecified atom stereocenters. The predicted octanol–water partition coefficient (Wildman–Crippen LogP) is 4.52. The average molecular weight is 385 g/mol. The summed E-state index contributed by atoms with van der Waals surface area (Å²) in [7, 11) is 0. The molecule has 1 amide bonds. The van der Waals surface area contributed by atoms with E-state index in [-0.39, 0.29) is 24.4 Å². The van der Waals surface area contributed by atoms with Crippen LogP contribution in [-0.2, 0) is 12.8 Å². The van der Waals surface area contributed by atoms with E-state index >= 15 is 0 Å². The number of likely N-dealkylation sites (tertiary alicyclic amines) is 1. The van der Waals surface area contributed by atoms with E-state index in [9.17, 15) is 4.79 Å². The molecular formula is C20H33ClN2OS. The number of hydrogen-bond acceptors (Lipinski definition) is 3. The van der Waals surface area contributed by atoms with E-state index in [1.807, 2.05) is 4.90 Å². The van der Waals surface area contributed by atoms with Crippen molar-refractivity contribution in [2.45, 2.75) is 65.8 Å². The molecule has 2 heterocycles. The summed E-state index contributed by atoms with van der Waals surface area (Å²) in [5.74, 6) is 1.53. The van der Waals surface area contributed by atoms with Crippen molar-refractivity contribution in [2.24, 2.45) is 23.0 Å². The summed E-state index contributed by atoms with van der Waals surface area (Å²) in [6.45, 7) is 10.8. The minimum Gasteiger partial charge on any atom is -0.338 e. The Morgan fingerprint density at radius 3 is 2.48 bits per heavy atom. The Balaban J connectivity index is 0.00000225. The van der Waals surface area contributed by atoms with E-state index in [1.54, 1.807) is 11.3 Å². The normalized spacial score (nSPS) is 22.9. The topological polar surface area (TPSA) is 46.3 Å². The number of piperidine rings is 1. The van der Waals surface area contributed by atoms with Gasteiger partial charge in [-0.05, 0) is 67.9 Å². The molecule has 2 atom stereocenters. The molecule has 2 aliphatic rings. The van der Waals surface area contributed by atoms with Gasteiger partial charge in [0.2, 0.25) is 0 Å². The van der Waals surface area contributed by atoms with E-state index in [0.717, 1.165) is 49.6 Å². The zero-order valence-corrected chi connectivity index (χ0v) is 17.6. The molecular weight excluding hydrogens is 352 g/mol. The standard InChI is InChI=1S/C20H32N2OS.ClH/c1-13(21)14-7-9-22(10-8-14)19(23)18-12-15-11-16(20(2,3)4)5-6-17(15)24-18;/h12-14,16H,5-11,21H2,1-4H3;1H. The minimum absolute atomic E-state index is 0. The number of carbonyl (C=O) groups excluding carboxylic acids is 1. The molecule has 1 aromatic heterocycles. The van der Waals surface area contributed by atoms with Gasteiger partial charge in [-0.25, -0.2) is 0 Å². The summed E-state index contributed by atoms with van der Waals surface area (Å²) < 4.78 is 0. The van der Waals surface area contributed by atoms with Crippen LogP contribution in [0.2, 0.25) is 0 Å². The van der Waals surface area contributed by atoms with Crippen molar-refractivity contribution in [3.8, 4) is 0 Å². The van der Waals surface area contributed by atoms with Gasteiger partial charge in [-0.15, -0.1) is 23.7 Å². The molecule has 1 aromatic rings. The Morgan fingerprint density at radius 1 is 1.28 bits per heavy atom. The summed E-state index contributed by atoms with van der Waals surface area (Å²) in [4.78, 5) is 17.3. The minimum atomic E-state index is 0. The third-order valence-corrected chi connectivity index (χ3v) is 7.31. The Bertz CT molecular complexity index is 597. The van der Waals surface area contributed by atoms with Crippen molar-refractivity contribution in [2.75, 3.05) is 13.1 Å². The molecule has 1 aliphatic carbocycles. The summed E-state index contributed by atoms with van der Waals surface area (Å²) in [6, 6.07) is 2.43. The van der Waals surface area contributed by atoms with Crippen LogP contribution in [0.15, 0.2) is 6.07 Å².